The molecule has 3 unspecified atom stereocenters. The fraction of sp³-hybridized carbons (Fsp3) is 0.923. The molecule has 1 saturated carbocycles. The number of carboxylic acid groups (broad SMARTS) is 1. The lowest BCUT2D eigenvalue weighted by Crippen LogP contribution is -2.56. The molecule has 1 fully saturated rings. The van der Waals surface area contributed by atoms with Crippen LogP contribution >= 0.6 is 0 Å². The van der Waals surface area contributed by atoms with Crippen LogP contribution in [0.2, 0.25) is 0 Å². The zero-order chi connectivity index (χ0) is 13.1. The van der Waals surface area contributed by atoms with Gasteiger partial charge in [-0.2, -0.15) is 0 Å². The lowest BCUT2D eigenvalue weighted by Gasteiger charge is -2.38. The molecule has 1 rings (SSSR count). The van der Waals surface area contributed by atoms with Crippen molar-refractivity contribution in [1.29, 1.82) is 0 Å². The third-order valence-electron chi connectivity index (χ3n) is 4.12. The number of hydrogen-bond acceptors (Lipinski definition) is 3. The van der Waals surface area contributed by atoms with E-state index in [9.17, 15) is 9.90 Å². The molecule has 100 valence electrons. The first-order valence-corrected chi connectivity index (χ1v) is 6.51. The third kappa shape index (κ3) is 3.68. The molecule has 0 saturated heterocycles. The first kappa shape index (κ1) is 14.5. The minimum atomic E-state index is -0.852. The number of carbonyl (C=O) groups is 1. The average molecular weight is 242 g/mol. The van der Waals surface area contributed by atoms with Crippen molar-refractivity contribution in [2.24, 2.45) is 5.92 Å². The molecule has 4 nitrogen and oxygen atoms in total. The summed E-state index contributed by atoms with van der Waals surface area (Å²) in [7, 11) is 3.76. The summed E-state index contributed by atoms with van der Waals surface area (Å²) in [6.07, 6.45) is 4.96. The molecule has 0 radical (unpaired) electrons. The van der Waals surface area contributed by atoms with Gasteiger partial charge in [-0.05, 0) is 39.8 Å². The Labute approximate surface area is 104 Å². The number of likely N-dealkylation sites (N-methyl/N-ethyl adjacent to an activating group) is 2. The molecule has 4 heteroatoms. The van der Waals surface area contributed by atoms with Crippen molar-refractivity contribution in [2.45, 2.75) is 51.1 Å². The fourth-order valence-electron chi connectivity index (χ4n) is 2.68. The van der Waals surface area contributed by atoms with E-state index in [0.29, 0.717) is 12.6 Å². The highest BCUT2D eigenvalue weighted by molar-refractivity contribution is 5.78. The molecule has 0 amide bonds. The average Bonchev–Trinajstić information content (AvgIpc) is 2.28. The highest BCUT2D eigenvalue weighted by Gasteiger charge is 2.35. The predicted molar refractivity (Wildman–Crippen MR) is 69.2 cm³/mol. The molecule has 0 aromatic heterocycles. The molecule has 0 aromatic rings. The van der Waals surface area contributed by atoms with Gasteiger partial charge in [-0.25, -0.2) is 0 Å². The lowest BCUT2D eigenvalue weighted by molar-refractivity contribution is -0.145. The van der Waals surface area contributed by atoms with E-state index in [1.165, 1.54) is 25.7 Å². The number of nitrogens with zero attached hydrogens (tertiary/aromatic N) is 1. The lowest BCUT2D eigenvalue weighted by atomic mass is 9.86. The van der Waals surface area contributed by atoms with Crippen molar-refractivity contribution >= 4 is 5.97 Å². The van der Waals surface area contributed by atoms with Crippen LogP contribution < -0.4 is 5.32 Å². The van der Waals surface area contributed by atoms with E-state index >= 15 is 0 Å². The Balaban J connectivity index is 2.58. The highest BCUT2D eigenvalue weighted by atomic mass is 16.4. The minimum absolute atomic E-state index is 0.533. The summed E-state index contributed by atoms with van der Waals surface area (Å²) in [6, 6.07) is 0.533. The number of aliphatic carboxylic acids is 1. The molecule has 1 aliphatic carbocycles. The maximum atomic E-state index is 11.2. The summed E-state index contributed by atoms with van der Waals surface area (Å²) in [6.45, 7) is 4.59. The van der Waals surface area contributed by atoms with Crippen LogP contribution in [0.25, 0.3) is 0 Å². The van der Waals surface area contributed by atoms with Crippen LogP contribution in [0, 0.1) is 5.92 Å². The number of rotatable bonds is 5. The Morgan fingerprint density at radius 3 is 2.65 bits per heavy atom. The van der Waals surface area contributed by atoms with E-state index in [1.807, 2.05) is 7.05 Å². The van der Waals surface area contributed by atoms with Gasteiger partial charge < -0.3 is 15.3 Å². The van der Waals surface area contributed by atoms with Gasteiger partial charge in [0.15, 0.2) is 0 Å². The van der Waals surface area contributed by atoms with Gasteiger partial charge in [-0.1, -0.05) is 19.8 Å². The van der Waals surface area contributed by atoms with Gasteiger partial charge in [0, 0.05) is 12.6 Å². The van der Waals surface area contributed by atoms with Crippen LogP contribution in [0.15, 0.2) is 0 Å². The normalized spacial score (nSPS) is 29.0. The SMILES string of the molecule is CNC(C)(CN(C)C1CCCC(C)C1)C(=O)O. The second-order valence-corrected chi connectivity index (χ2v) is 5.73. The molecule has 17 heavy (non-hydrogen) atoms. The van der Waals surface area contributed by atoms with Gasteiger partial charge in [0.1, 0.15) is 5.54 Å². The zero-order valence-corrected chi connectivity index (χ0v) is 11.5. The molecule has 2 N–H and O–H groups in total. The second-order valence-electron chi connectivity index (χ2n) is 5.73. The van der Waals surface area contributed by atoms with Crippen LogP contribution in [0.3, 0.4) is 0 Å². The predicted octanol–water partition coefficient (Wildman–Crippen LogP) is 1.56. The Kier molecular flexibility index (Phi) is 4.95. The van der Waals surface area contributed by atoms with Crippen LogP contribution in [-0.2, 0) is 4.79 Å². The number of hydrogen-bond donors (Lipinski definition) is 2. The van der Waals surface area contributed by atoms with E-state index < -0.39 is 11.5 Å². The highest BCUT2D eigenvalue weighted by Crippen LogP contribution is 2.27. The van der Waals surface area contributed by atoms with Gasteiger partial charge in [0.25, 0.3) is 0 Å². The Morgan fingerprint density at radius 1 is 1.53 bits per heavy atom. The first-order valence-electron chi connectivity index (χ1n) is 6.51. The Hall–Kier alpha value is -0.610. The van der Waals surface area contributed by atoms with Crippen LogP contribution in [0.1, 0.15) is 39.5 Å². The van der Waals surface area contributed by atoms with Crippen molar-refractivity contribution in [1.82, 2.24) is 10.2 Å². The molecular weight excluding hydrogens is 216 g/mol. The Bertz CT molecular complexity index is 270. The molecular formula is C13H26N2O2. The van der Waals surface area contributed by atoms with Crippen LogP contribution in [0.5, 0.6) is 0 Å². The molecule has 0 bridgehead atoms. The summed E-state index contributed by atoms with van der Waals surface area (Å²) in [5.41, 5.74) is -0.852. The van der Waals surface area contributed by atoms with Crippen molar-refractivity contribution in [3.63, 3.8) is 0 Å². The van der Waals surface area contributed by atoms with Crippen LogP contribution in [0.4, 0.5) is 0 Å². The second kappa shape index (κ2) is 5.83. The van der Waals surface area contributed by atoms with Gasteiger partial charge in [0.05, 0.1) is 0 Å². The van der Waals surface area contributed by atoms with Gasteiger partial charge >= 0.3 is 5.97 Å². The molecule has 0 aromatic carbocycles. The van der Waals surface area contributed by atoms with E-state index in [0.717, 1.165) is 5.92 Å². The smallest absolute Gasteiger partial charge is 0.324 e. The molecule has 3 atom stereocenters. The third-order valence-corrected chi connectivity index (χ3v) is 4.12. The topological polar surface area (TPSA) is 52.6 Å². The molecule has 0 spiro atoms. The zero-order valence-electron chi connectivity index (χ0n) is 11.5. The largest absolute Gasteiger partial charge is 0.480 e. The van der Waals surface area contributed by atoms with Gasteiger partial charge in [-0.3, -0.25) is 4.79 Å². The van der Waals surface area contributed by atoms with Crippen LogP contribution in [-0.4, -0.2) is 48.2 Å². The van der Waals surface area contributed by atoms with E-state index in [4.69, 9.17) is 0 Å². The fourth-order valence-corrected chi connectivity index (χ4v) is 2.68. The summed E-state index contributed by atoms with van der Waals surface area (Å²) in [4.78, 5) is 13.5. The van der Waals surface area contributed by atoms with Gasteiger partial charge in [0.2, 0.25) is 0 Å². The van der Waals surface area contributed by atoms with Crippen molar-refractivity contribution in [3.05, 3.63) is 0 Å². The number of carboxylic acids is 1. The summed E-state index contributed by atoms with van der Waals surface area (Å²) < 4.78 is 0. The van der Waals surface area contributed by atoms with Gasteiger partial charge in [-0.15, -0.1) is 0 Å². The first-order chi connectivity index (χ1) is 7.89. The van der Waals surface area contributed by atoms with Crippen molar-refractivity contribution < 1.29 is 9.90 Å². The minimum Gasteiger partial charge on any atom is -0.480 e. The maximum absolute atomic E-state index is 11.2. The summed E-state index contributed by atoms with van der Waals surface area (Å²) in [5.74, 6) is -0.0161. The summed E-state index contributed by atoms with van der Waals surface area (Å²) >= 11 is 0. The van der Waals surface area contributed by atoms with Crippen molar-refractivity contribution in [3.8, 4) is 0 Å². The standard InChI is InChI=1S/C13H26N2O2/c1-10-6-5-7-11(8-10)15(4)9-13(2,14-3)12(16)17/h10-11,14H,5-9H2,1-4H3,(H,16,17). The van der Waals surface area contributed by atoms with E-state index in [1.54, 1.807) is 14.0 Å². The quantitative estimate of drug-likeness (QED) is 0.768. The monoisotopic (exact) mass is 242 g/mol. The van der Waals surface area contributed by atoms with Crippen molar-refractivity contribution in [2.75, 3.05) is 20.6 Å². The van der Waals surface area contributed by atoms with E-state index in [-0.39, 0.29) is 0 Å². The molecule has 0 aliphatic heterocycles. The summed E-state index contributed by atoms with van der Waals surface area (Å²) in [5, 5.41) is 12.2. The number of nitrogens with one attached hydrogen (secondary N) is 1. The molecule has 0 heterocycles. The Morgan fingerprint density at radius 2 is 2.18 bits per heavy atom. The maximum Gasteiger partial charge on any atom is 0.324 e. The molecule has 1 aliphatic rings. The van der Waals surface area contributed by atoms with E-state index in [2.05, 4.69) is 17.1 Å².